The number of nitrogens with one attached hydrogen (secondary N) is 1. The summed E-state index contributed by atoms with van der Waals surface area (Å²) in [6.45, 7) is 4.83. The lowest BCUT2D eigenvalue weighted by Crippen LogP contribution is -2.52. The summed E-state index contributed by atoms with van der Waals surface area (Å²) in [7, 11) is 0. The predicted octanol–water partition coefficient (Wildman–Crippen LogP) is 1.74. The smallest absolute Gasteiger partial charge is 0.249 e. The summed E-state index contributed by atoms with van der Waals surface area (Å²) < 4.78 is 38.3. The van der Waals surface area contributed by atoms with Crippen molar-refractivity contribution in [1.82, 2.24) is 20.2 Å². The summed E-state index contributed by atoms with van der Waals surface area (Å²) in [5.74, 6) is -1.67. The van der Waals surface area contributed by atoms with E-state index >= 15 is 0 Å². The van der Waals surface area contributed by atoms with Crippen molar-refractivity contribution in [3.05, 3.63) is 59.2 Å². The molecule has 1 N–H and O–H groups in total. The van der Waals surface area contributed by atoms with E-state index in [2.05, 4.69) is 20.2 Å². The average Bonchev–Trinajstić information content (AvgIpc) is 3.08. The number of ether oxygens (including phenoxy) is 2. The van der Waals surface area contributed by atoms with Crippen LogP contribution in [0.1, 0.15) is 23.4 Å². The lowest BCUT2D eigenvalue weighted by Gasteiger charge is -2.39. The molecule has 7 nitrogen and oxygen atoms in total. The van der Waals surface area contributed by atoms with Crippen LogP contribution in [0.25, 0.3) is 0 Å². The van der Waals surface area contributed by atoms with Gasteiger partial charge in [0.2, 0.25) is 5.91 Å². The molecule has 2 aliphatic heterocycles. The zero-order chi connectivity index (χ0) is 21.1. The van der Waals surface area contributed by atoms with Crippen LogP contribution in [0.4, 0.5) is 8.78 Å². The largest absolute Gasteiger partial charge is 0.370 e. The fourth-order valence-electron chi connectivity index (χ4n) is 3.98. The summed E-state index contributed by atoms with van der Waals surface area (Å²) in [5, 5.41) is 2.69. The van der Waals surface area contributed by atoms with Crippen LogP contribution in [-0.2, 0) is 27.4 Å². The van der Waals surface area contributed by atoms with E-state index in [-0.39, 0.29) is 12.5 Å². The number of hydrogen-bond donors (Lipinski definition) is 1. The highest BCUT2D eigenvalue weighted by Gasteiger charge is 2.46. The van der Waals surface area contributed by atoms with E-state index in [1.807, 2.05) is 6.92 Å². The Hall–Kier alpha value is -2.49. The maximum Gasteiger partial charge on any atom is 0.249 e. The van der Waals surface area contributed by atoms with Crippen molar-refractivity contribution in [2.75, 3.05) is 26.3 Å². The molecule has 2 aromatic rings. The molecule has 0 bridgehead atoms. The molecule has 160 valence electrons. The van der Waals surface area contributed by atoms with Crippen molar-refractivity contribution in [2.45, 2.75) is 38.1 Å². The minimum absolute atomic E-state index is 0.0272. The van der Waals surface area contributed by atoms with Gasteiger partial charge in [0, 0.05) is 51.1 Å². The lowest BCUT2D eigenvalue weighted by atomic mass is 9.97. The average molecular weight is 418 g/mol. The maximum atomic E-state index is 13.3. The van der Waals surface area contributed by atoms with Gasteiger partial charge in [-0.2, -0.15) is 0 Å². The highest BCUT2D eigenvalue weighted by molar-refractivity contribution is 5.81. The van der Waals surface area contributed by atoms with E-state index in [0.29, 0.717) is 38.3 Å². The molecule has 2 atom stereocenters. The topological polar surface area (TPSA) is 76.6 Å². The number of amides is 1. The number of aromatic nitrogens is 2. The number of rotatable bonds is 5. The molecule has 0 unspecified atom stereocenters. The van der Waals surface area contributed by atoms with Gasteiger partial charge in [-0.1, -0.05) is 0 Å². The Morgan fingerprint density at radius 2 is 2.10 bits per heavy atom. The van der Waals surface area contributed by atoms with E-state index in [9.17, 15) is 13.6 Å². The van der Waals surface area contributed by atoms with Gasteiger partial charge in [0.05, 0.1) is 24.6 Å². The SMILES string of the molecule is Cc1cncc(CN2CCO[C@@]3(CO[C@@H](C(=O)NCc4cc(F)cc(F)c4)C3)C2)n1. The number of halogens is 2. The Morgan fingerprint density at radius 1 is 1.30 bits per heavy atom. The van der Waals surface area contributed by atoms with Crippen molar-refractivity contribution in [3.8, 4) is 0 Å². The molecule has 2 fully saturated rings. The van der Waals surface area contributed by atoms with E-state index < -0.39 is 23.3 Å². The van der Waals surface area contributed by atoms with Crippen LogP contribution in [0.15, 0.2) is 30.6 Å². The van der Waals surface area contributed by atoms with Gasteiger partial charge in [0.15, 0.2) is 0 Å². The Bertz CT molecular complexity index is 909. The molecule has 2 saturated heterocycles. The van der Waals surface area contributed by atoms with Crippen molar-refractivity contribution >= 4 is 5.91 Å². The van der Waals surface area contributed by atoms with E-state index in [1.165, 1.54) is 12.1 Å². The van der Waals surface area contributed by atoms with Gasteiger partial charge in [-0.25, -0.2) is 8.78 Å². The Kier molecular flexibility index (Phi) is 6.03. The minimum atomic E-state index is -0.677. The molecule has 1 amide bonds. The van der Waals surface area contributed by atoms with E-state index in [0.717, 1.165) is 24.0 Å². The van der Waals surface area contributed by atoms with Crippen LogP contribution in [0.5, 0.6) is 0 Å². The first-order valence-corrected chi connectivity index (χ1v) is 9.89. The predicted molar refractivity (Wildman–Crippen MR) is 103 cm³/mol. The van der Waals surface area contributed by atoms with Gasteiger partial charge in [0.1, 0.15) is 23.3 Å². The summed E-state index contributed by atoms with van der Waals surface area (Å²) in [6, 6.07) is 3.18. The second-order valence-electron chi connectivity index (χ2n) is 7.89. The first kappa shape index (κ1) is 20.8. The third-order valence-corrected chi connectivity index (χ3v) is 5.30. The molecule has 3 heterocycles. The third-order valence-electron chi connectivity index (χ3n) is 5.30. The van der Waals surface area contributed by atoms with E-state index in [4.69, 9.17) is 9.47 Å². The molecule has 0 saturated carbocycles. The Morgan fingerprint density at radius 3 is 2.87 bits per heavy atom. The fraction of sp³-hybridized carbons (Fsp3) is 0.476. The van der Waals surface area contributed by atoms with Crippen molar-refractivity contribution < 1.29 is 23.0 Å². The highest BCUT2D eigenvalue weighted by atomic mass is 19.1. The summed E-state index contributed by atoms with van der Waals surface area (Å²) >= 11 is 0. The lowest BCUT2D eigenvalue weighted by molar-refractivity contribution is -0.130. The van der Waals surface area contributed by atoms with Crippen molar-refractivity contribution in [1.29, 1.82) is 0 Å². The standard InChI is InChI=1S/C21H24F2N4O3/c1-14-8-24-10-18(26-14)11-27-2-3-30-21(12-27)7-19(29-13-21)20(28)25-9-15-4-16(22)6-17(23)5-15/h4-6,8,10,19H,2-3,7,9,11-13H2,1H3,(H,25,28)/t19-,21-/m1/s1. The fourth-order valence-corrected chi connectivity index (χ4v) is 3.98. The molecule has 2 aliphatic rings. The van der Waals surface area contributed by atoms with Crippen LogP contribution in [0, 0.1) is 18.6 Å². The molecular weight excluding hydrogens is 394 g/mol. The quantitative estimate of drug-likeness (QED) is 0.797. The number of carbonyl (C=O) groups excluding carboxylic acids is 1. The second-order valence-corrected chi connectivity index (χ2v) is 7.89. The molecule has 0 aliphatic carbocycles. The van der Waals surface area contributed by atoms with E-state index in [1.54, 1.807) is 12.4 Å². The Balaban J connectivity index is 1.32. The molecule has 9 heteroatoms. The van der Waals surface area contributed by atoms with Gasteiger partial charge < -0.3 is 14.8 Å². The molecule has 4 rings (SSSR count). The van der Waals surface area contributed by atoms with Crippen molar-refractivity contribution in [3.63, 3.8) is 0 Å². The normalized spacial score (nSPS) is 24.3. The summed E-state index contributed by atoms with van der Waals surface area (Å²) in [5.41, 5.74) is 1.56. The van der Waals surface area contributed by atoms with Crippen LogP contribution >= 0.6 is 0 Å². The summed E-state index contributed by atoms with van der Waals surface area (Å²) in [6.07, 6.45) is 3.23. The van der Waals surface area contributed by atoms with Crippen molar-refractivity contribution in [2.24, 2.45) is 0 Å². The molecule has 1 spiro atoms. The van der Waals surface area contributed by atoms with Crippen LogP contribution < -0.4 is 5.32 Å². The number of carbonyl (C=O) groups is 1. The monoisotopic (exact) mass is 418 g/mol. The van der Waals surface area contributed by atoms with Gasteiger partial charge in [-0.05, 0) is 24.6 Å². The zero-order valence-corrected chi connectivity index (χ0v) is 16.7. The van der Waals surface area contributed by atoms with Gasteiger partial charge in [-0.3, -0.25) is 19.7 Å². The number of morpholine rings is 1. The first-order chi connectivity index (χ1) is 14.4. The third kappa shape index (κ3) is 4.97. The molecule has 30 heavy (non-hydrogen) atoms. The Labute approximate surface area is 173 Å². The minimum Gasteiger partial charge on any atom is -0.370 e. The molecule has 0 radical (unpaired) electrons. The first-order valence-electron chi connectivity index (χ1n) is 9.89. The summed E-state index contributed by atoms with van der Waals surface area (Å²) in [4.78, 5) is 23.4. The second kappa shape index (κ2) is 8.71. The number of aryl methyl sites for hydroxylation is 1. The number of hydrogen-bond acceptors (Lipinski definition) is 6. The number of nitrogens with zero attached hydrogens (tertiary/aromatic N) is 3. The molecular formula is C21H24F2N4O3. The molecule has 1 aromatic carbocycles. The zero-order valence-electron chi connectivity index (χ0n) is 16.7. The maximum absolute atomic E-state index is 13.3. The highest BCUT2D eigenvalue weighted by Crippen LogP contribution is 2.32. The number of benzene rings is 1. The van der Waals surface area contributed by atoms with Crippen LogP contribution in [0.3, 0.4) is 0 Å². The van der Waals surface area contributed by atoms with Gasteiger partial charge in [0.25, 0.3) is 0 Å². The van der Waals surface area contributed by atoms with Crippen LogP contribution in [0.2, 0.25) is 0 Å². The molecule has 1 aromatic heterocycles. The van der Waals surface area contributed by atoms with Crippen LogP contribution in [-0.4, -0.2) is 58.8 Å². The van der Waals surface area contributed by atoms with Gasteiger partial charge in [-0.15, -0.1) is 0 Å². The van der Waals surface area contributed by atoms with Gasteiger partial charge >= 0.3 is 0 Å².